The Hall–Kier alpha value is -0.660. The van der Waals surface area contributed by atoms with E-state index < -0.39 is 21.6 Å². The van der Waals surface area contributed by atoms with Gasteiger partial charge in [-0.05, 0) is 6.42 Å². The number of hydrogen-bond donors (Lipinski definition) is 1. The fourth-order valence-electron chi connectivity index (χ4n) is 0.886. The number of hydrogen-bond acceptors (Lipinski definition) is 5. The van der Waals surface area contributed by atoms with E-state index in [1.807, 2.05) is 0 Å². The van der Waals surface area contributed by atoms with E-state index >= 15 is 0 Å². The molecule has 1 N–H and O–H groups in total. The third-order valence-electron chi connectivity index (χ3n) is 1.52. The van der Waals surface area contributed by atoms with E-state index in [2.05, 4.69) is 0 Å². The van der Waals surface area contributed by atoms with Crippen molar-refractivity contribution in [2.24, 2.45) is 0 Å². The molecule has 0 atom stereocenters. The van der Waals surface area contributed by atoms with E-state index in [0.29, 0.717) is 26.2 Å². The fraction of sp³-hybridized carbons (Fsp3) is 0.875. The summed E-state index contributed by atoms with van der Waals surface area (Å²) >= 11 is 0. The zero-order valence-corrected chi connectivity index (χ0v) is 9.46. The maximum atomic E-state index is 11.1. The number of carboxylic acid groups (broad SMARTS) is 1. The summed E-state index contributed by atoms with van der Waals surface area (Å²) in [5, 5.41) is 8.29. The molecule has 0 saturated heterocycles. The van der Waals surface area contributed by atoms with Gasteiger partial charge in [0.15, 0.2) is 9.84 Å². The molecule has 0 aliphatic heterocycles. The van der Waals surface area contributed by atoms with Gasteiger partial charge in [-0.15, -0.1) is 0 Å². The van der Waals surface area contributed by atoms with Gasteiger partial charge < -0.3 is 14.6 Å². The maximum Gasteiger partial charge on any atom is 0.318 e. The predicted octanol–water partition coefficient (Wildman–Crippen LogP) is -0.461. The third kappa shape index (κ3) is 9.64. The van der Waals surface area contributed by atoms with E-state index in [1.165, 1.54) is 0 Å². The number of rotatable bonds is 9. The van der Waals surface area contributed by atoms with Crippen molar-refractivity contribution < 1.29 is 27.8 Å². The molecule has 0 heterocycles. The Kier molecular flexibility index (Phi) is 7.27. The average Bonchev–Trinajstić information content (AvgIpc) is 2.08. The topological polar surface area (TPSA) is 89.9 Å². The Bertz CT molecular complexity index is 271. The van der Waals surface area contributed by atoms with E-state index in [-0.39, 0.29) is 5.75 Å². The third-order valence-corrected chi connectivity index (χ3v) is 3.12. The van der Waals surface area contributed by atoms with Crippen molar-refractivity contribution >= 4 is 15.8 Å². The second kappa shape index (κ2) is 7.61. The average molecular weight is 240 g/mol. The smallest absolute Gasteiger partial charge is 0.318 e. The minimum atomic E-state index is -3.48. The molecule has 0 spiro atoms. The molecule has 0 radical (unpaired) electrons. The Balaban J connectivity index is 3.54. The van der Waals surface area contributed by atoms with Crippen molar-refractivity contribution in [1.82, 2.24) is 0 Å². The number of sulfone groups is 1. The Morgan fingerprint density at radius 3 is 2.47 bits per heavy atom. The van der Waals surface area contributed by atoms with Crippen LogP contribution in [0.25, 0.3) is 0 Å². The van der Waals surface area contributed by atoms with E-state index in [0.717, 1.165) is 0 Å². The van der Waals surface area contributed by atoms with Crippen LogP contribution < -0.4 is 0 Å². The normalized spacial score (nSPS) is 11.5. The van der Waals surface area contributed by atoms with Gasteiger partial charge >= 0.3 is 5.97 Å². The molecule has 0 unspecified atom stereocenters. The first-order chi connectivity index (χ1) is 6.98. The summed E-state index contributed by atoms with van der Waals surface area (Å²) in [5.41, 5.74) is 0. The zero-order chi connectivity index (χ0) is 11.7. The number of ether oxygens (including phenoxy) is 2. The maximum absolute atomic E-state index is 11.1. The van der Waals surface area contributed by atoms with Crippen molar-refractivity contribution in [1.29, 1.82) is 0 Å². The minimum Gasteiger partial charge on any atom is -0.480 e. The molecule has 0 aliphatic carbocycles. The molecule has 0 fully saturated rings. The molecule has 0 amide bonds. The first-order valence-electron chi connectivity index (χ1n) is 4.47. The van der Waals surface area contributed by atoms with Crippen LogP contribution >= 0.6 is 0 Å². The number of carbonyl (C=O) groups is 1. The highest BCUT2D eigenvalue weighted by Gasteiger charge is 2.14. The highest BCUT2D eigenvalue weighted by Crippen LogP contribution is 1.95. The molecule has 0 rings (SSSR count). The van der Waals surface area contributed by atoms with Gasteiger partial charge in [0, 0.05) is 13.7 Å². The van der Waals surface area contributed by atoms with Crippen LogP contribution in [0.1, 0.15) is 6.42 Å². The lowest BCUT2D eigenvalue weighted by Gasteiger charge is -2.03. The van der Waals surface area contributed by atoms with Crippen molar-refractivity contribution in [3.63, 3.8) is 0 Å². The van der Waals surface area contributed by atoms with Gasteiger partial charge in [-0.2, -0.15) is 0 Å². The van der Waals surface area contributed by atoms with E-state index in [1.54, 1.807) is 7.11 Å². The first-order valence-corrected chi connectivity index (χ1v) is 6.29. The second-order valence-electron chi connectivity index (χ2n) is 2.94. The molecule has 0 aromatic rings. The van der Waals surface area contributed by atoms with Crippen LogP contribution in [0.5, 0.6) is 0 Å². The lowest BCUT2D eigenvalue weighted by atomic mass is 10.5. The molecule has 90 valence electrons. The Labute approximate surface area is 89.1 Å². The summed E-state index contributed by atoms with van der Waals surface area (Å²) in [6.45, 7) is 1.17. The van der Waals surface area contributed by atoms with Gasteiger partial charge in [-0.1, -0.05) is 0 Å². The van der Waals surface area contributed by atoms with Crippen molar-refractivity contribution in [3.8, 4) is 0 Å². The number of methoxy groups -OCH3 is 1. The van der Waals surface area contributed by atoms with Gasteiger partial charge in [-0.3, -0.25) is 4.79 Å². The quantitative estimate of drug-likeness (QED) is 0.548. The highest BCUT2D eigenvalue weighted by molar-refractivity contribution is 7.92. The Morgan fingerprint density at radius 2 is 1.93 bits per heavy atom. The minimum absolute atomic E-state index is 0.160. The summed E-state index contributed by atoms with van der Waals surface area (Å²) in [6.07, 6.45) is 0.305. The molecule has 0 aliphatic rings. The molecule has 6 nitrogen and oxygen atoms in total. The largest absolute Gasteiger partial charge is 0.480 e. The number of carboxylic acids is 1. The lowest BCUT2D eigenvalue weighted by Crippen LogP contribution is -2.19. The summed E-state index contributed by atoms with van der Waals surface area (Å²) in [6, 6.07) is 0. The van der Waals surface area contributed by atoms with Gasteiger partial charge in [0.25, 0.3) is 0 Å². The monoisotopic (exact) mass is 240 g/mol. The summed E-state index contributed by atoms with van der Waals surface area (Å²) in [7, 11) is -1.94. The molecule has 0 aromatic carbocycles. The standard InChI is InChI=1S/C8H16O6S/c1-13-4-5-14-3-2-6-15(11,12)7-8(9)10/h2-7H2,1H3,(H,9,10). The van der Waals surface area contributed by atoms with Crippen LogP contribution in [0.4, 0.5) is 0 Å². The van der Waals surface area contributed by atoms with Gasteiger partial charge in [0.1, 0.15) is 5.75 Å². The van der Waals surface area contributed by atoms with E-state index in [9.17, 15) is 13.2 Å². The molecule has 0 saturated carbocycles. The molecular weight excluding hydrogens is 224 g/mol. The van der Waals surface area contributed by atoms with Crippen LogP contribution in [0.15, 0.2) is 0 Å². The summed E-state index contributed by atoms with van der Waals surface area (Å²) < 4.78 is 31.9. The summed E-state index contributed by atoms with van der Waals surface area (Å²) in [5.74, 6) is -2.30. The van der Waals surface area contributed by atoms with Crippen LogP contribution in [-0.4, -0.2) is 57.9 Å². The van der Waals surface area contributed by atoms with Crippen LogP contribution in [0.2, 0.25) is 0 Å². The predicted molar refractivity (Wildman–Crippen MR) is 53.6 cm³/mol. The van der Waals surface area contributed by atoms with Gasteiger partial charge in [0.2, 0.25) is 0 Å². The first kappa shape index (κ1) is 14.3. The Morgan fingerprint density at radius 1 is 1.27 bits per heavy atom. The van der Waals surface area contributed by atoms with Crippen molar-refractivity contribution in [2.45, 2.75) is 6.42 Å². The summed E-state index contributed by atoms with van der Waals surface area (Å²) in [4.78, 5) is 10.2. The lowest BCUT2D eigenvalue weighted by molar-refractivity contribution is -0.134. The van der Waals surface area contributed by atoms with Crippen LogP contribution in [-0.2, 0) is 24.1 Å². The number of aliphatic carboxylic acids is 1. The molecule has 15 heavy (non-hydrogen) atoms. The molecule has 7 heteroatoms. The zero-order valence-electron chi connectivity index (χ0n) is 8.64. The second-order valence-corrected chi connectivity index (χ2v) is 5.13. The van der Waals surface area contributed by atoms with Crippen molar-refractivity contribution in [3.05, 3.63) is 0 Å². The van der Waals surface area contributed by atoms with Gasteiger partial charge in [0.05, 0.1) is 19.0 Å². The van der Waals surface area contributed by atoms with Crippen molar-refractivity contribution in [2.75, 3.05) is 38.4 Å². The van der Waals surface area contributed by atoms with Gasteiger partial charge in [-0.25, -0.2) is 8.42 Å². The van der Waals surface area contributed by atoms with E-state index in [4.69, 9.17) is 14.6 Å². The fourth-order valence-corrected chi connectivity index (χ4v) is 1.96. The molecule has 0 bridgehead atoms. The van der Waals surface area contributed by atoms with Crippen LogP contribution in [0, 0.1) is 0 Å². The SMILES string of the molecule is COCCOCCCS(=O)(=O)CC(=O)O. The highest BCUT2D eigenvalue weighted by atomic mass is 32.2. The van der Waals surface area contributed by atoms with Crippen LogP contribution in [0.3, 0.4) is 0 Å². The molecular formula is C8H16O6S. The molecule has 0 aromatic heterocycles.